The fourth-order valence-corrected chi connectivity index (χ4v) is 1.47. The Bertz CT molecular complexity index is 411. The lowest BCUT2D eigenvalue weighted by atomic mass is 10.1. The molecule has 1 aromatic rings. The molecule has 0 aliphatic carbocycles. The van der Waals surface area contributed by atoms with Crippen molar-refractivity contribution in [2.45, 2.75) is 6.92 Å². The second-order valence-corrected chi connectivity index (χ2v) is 3.96. The molecule has 1 aromatic carbocycles. The zero-order valence-electron chi connectivity index (χ0n) is 10.7. The maximum absolute atomic E-state index is 13.4. The molecule has 0 aromatic heterocycles. The van der Waals surface area contributed by atoms with Crippen LogP contribution in [0.4, 0.5) is 10.1 Å². The van der Waals surface area contributed by atoms with Gasteiger partial charge in [0.15, 0.2) is 0 Å². The molecular formula is C12H19FN4O. The van der Waals surface area contributed by atoms with Crippen LogP contribution in [0.3, 0.4) is 0 Å². The van der Waals surface area contributed by atoms with E-state index in [0.29, 0.717) is 6.54 Å². The summed E-state index contributed by atoms with van der Waals surface area (Å²) in [6.45, 7) is 4.18. The highest BCUT2D eigenvalue weighted by molar-refractivity contribution is 5.99. The molecule has 0 radical (unpaired) electrons. The third kappa shape index (κ3) is 3.68. The highest BCUT2D eigenvalue weighted by atomic mass is 19.1. The lowest BCUT2D eigenvalue weighted by Gasteiger charge is -2.15. The number of hydrogen-bond acceptors (Lipinski definition) is 4. The Morgan fingerprint density at radius 1 is 1.50 bits per heavy atom. The van der Waals surface area contributed by atoms with Crippen molar-refractivity contribution in [1.29, 1.82) is 0 Å². The molecule has 1 rings (SSSR count). The summed E-state index contributed by atoms with van der Waals surface area (Å²) in [7, 11) is 1.96. The van der Waals surface area contributed by atoms with Crippen LogP contribution in [-0.2, 0) is 0 Å². The molecule has 0 unspecified atom stereocenters. The molecule has 18 heavy (non-hydrogen) atoms. The quantitative estimate of drug-likeness (QED) is 0.518. The molecule has 0 saturated heterocycles. The van der Waals surface area contributed by atoms with E-state index in [9.17, 15) is 9.18 Å². The molecule has 0 bridgehead atoms. The van der Waals surface area contributed by atoms with Crippen molar-refractivity contribution in [2.75, 3.05) is 32.1 Å². The minimum Gasteiger partial charge on any atom is -0.351 e. The van der Waals surface area contributed by atoms with Crippen LogP contribution < -0.4 is 16.6 Å². The number of amides is 1. The van der Waals surface area contributed by atoms with Crippen LogP contribution in [0, 0.1) is 5.82 Å². The summed E-state index contributed by atoms with van der Waals surface area (Å²) < 4.78 is 13.4. The van der Waals surface area contributed by atoms with Crippen LogP contribution in [-0.4, -0.2) is 37.5 Å². The SMILES string of the molecule is CCN(C)CCNC(=O)c1cccc(F)c1NN. The number of nitrogens with one attached hydrogen (secondary N) is 2. The maximum Gasteiger partial charge on any atom is 0.253 e. The van der Waals surface area contributed by atoms with Crippen LogP contribution >= 0.6 is 0 Å². The van der Waals surface area contributed by atoms with Crippen molar-refractivity contribution in [3.05, 3.63) is 29.6 Å². The maximum atomic E-state index is 13.4. The Labute approximate surface area is 106 Å². The second-order valence-electron chi connectivity index (χ2n) is 3.96. The number of nitrogens with zero attached hydrogens (tertiary/aromatic N) is 1. The van der Waals surface area contributed by atoms with E-state index < -0.39 is 5.82 Å². The molecule has 0 saturated carbocycles. The van der Waals surface area contributed by atoms with Crippen molar-refractivity contribution < 1.29 is 9.18 Å². The van der Waals surface area contributed by atoms with E-state index >= 15 is 0 Å². The van der Waals surface area contributed by atoms with Crippen molar-refractivity contribution >= 4 is 11.6 Å². The summed E-state index contributed by atoms with van der Waals surface area (Å²) in [5.41, 5.74) is 2.43. The largest absolute Gasteiger partial charge is 0.351 e. The number of carbonyl (C=O) groups excluding carboxylic acids is 1. The van der Waals surface area contributed by atoms with Gasteiger partial charge in [0.05, 0.1) is 11.3 Å². The van der Waals surface area contributed by atoms with Gasteiger partial charge in [0.25, 0.3) is 5.91 Å². The number of halogens is 1. The third-order valence-electron chi connectivity index (χ3n) is 2.72. The molecule has 0 aliphatic rings. The number of carbonyl (C=O) groups is 1. The van der Waals surface area contributed by atoms with Crippen molar-refractivity contribution in [1.82, 2.24) is 10.2 Å². The molecule has 0 aliphatic heterocycles. The monoisotopic (exact) mass is 254 g/mol. The van der Waals surface area contributed by atoms with Crippen LogP contribution in [0.5, 0.6) is 0 Å². The Hall–Kier alpha value is -1.66. The molecule has 0 fully saturated rings. The zero-order valence-corrected chi connectivity index (χ0v) is 10.7. The Kier molecular flexibility index (Phi) is 5.54. The predicted octanol–water partition coefficient (Wildman–Crippen LogP) is 0.793. The number of nitrogens with two attached hydrogens (primary N) is 1. The van der Waals surface area contributed by atoms with Gasteiger partial charge >= 0.3 is 0 Å². The molecule has 5 nitrogen and oxygen atoms in total. The first kappa shape index (κ1) is 14.4. The summed E-state index contributed by atoms with van der Waals surface area (Å²) in [4.78, 5) is 13.9. The highest BCUT2D eigenvalue weighted by Gasteiger charge is 2.13. The summed E-state index contributed by atoms with van der Waals surface area (Å²) in [5, 5.41) is 2.72. The molecule has 0 heterocycles. The average molecular weight is 254 g/mol. The molecule has 0 atom stereocenters. The lowest BCUT2D eigenvalue weighted by Crippen LogP contribution is -2.33. The van der Waals surface area contributed by atoms with Gasteiger partial charge in [-0.2, -0.15) is 0 Å². The van der Waals surface area contributed by atoms with Crippen molar-refractivity contribution in [3.63, 3.8) is 0 Å². The summed E-state index contributed by atoms with van der Waals surface area (Å²) in [5.74, 6) is 4.32. The van der Waals surface area contributed by atoms with Gasteiger partial charge in [0.2, 0.25) is 0 Å². The predicted molar refractivity (Wildman–Crippen MR) is 69.7 cm³/mol. The first-order valence-electron chi connectivity index (χ1n) is 5.82. The van der Waals surface area contributed by atoms with Gasteiger partial charge < -0.3 is 15.6 Å². The second kappa shape index (κ2) is 6.93. The van der Waals surface area contributed by atoms with E-state index in [0.717, 1.165) is 13.1 Å². The number of likely N-dealkylation sites (N-methyl/N-ethyl adjacent to an activating group) is 1. The van der Waals surface area contributed by atoms with Gasteiger partial charge in [-0.3, -0.25) is 10.6 Å². The van der Waals surface area contributed by atoms with Crippen LogP contribution in [0.15, 0.2) is 18.2 Å². The first-order chi connectivity index (χ1) is 8.60. The van der Waals surface area contributed by atoms with Gasteiger partial charge in [0, 0.05) is 13.1 Å². The minimum atomic E-state index is -0.546. The zero-order chi connectivity index (χ0) is 13.5. The van der Waals surface area contributed by atoms with Gasteiger partial charge in [0.1, 0.15) is 5.82 Å². The van der Waals surface area contributed by atoms with E-state index in [1.165, 1.54) is 18.2 Å². The van der Waals surface area contributed by atoms with Gasteiger partial charge in [-0.25, -0.2) is 4.39 Å². The number of hydrazine groups is 1. The van der Waals surface area contributed by atoms with E-state index in [1.54, 1.807) is 0 Å². The topological polar surface area (TPSA) is 70.4 Å². The standard InChI is InChI=1S/C12H19FN4O/c1-3-17(2)8-7-15-12(18)9-5-4-6-10(13)11(9)16-14/h4-6,16H,3,7-8,14H2,1-2H3,(H,15,18). The molecule has 0 spiro atoms. The Morgan fingerprint density at radius 2 is 2.22 bits per heavy atom. The van der Waals surface area contributed by atoms with Crippen LogP contribution in [0.1, 0.15) is 17.3 Å². The molecule has 100 valence electrons. The van der Waals surface area contributed by atoms with E-state index in [4.69, 9.17) is 5.84 Å². The molecular weight excluding hydrogens is 235 g/mol. The normalized spacial score (nSPS) is 10.5. The summed E-state index contributed by atoms with van der Waals surface area (Å²) in [6.07, 6.45) is 0. The molecule has 4 N–H and O–H groups in total. The van der Waals surface area contributed by atoms with Gasteiger partial charge in [-0.15, -0.1) is 0 Å². The number of anilines is 1. The smallest absolute Gasteiger partial charge is 0.253 e. The molecule has 6 heteroatoms. The number of rotatable bonds is 6. The van der Waals surface area contributed by atoms with E-state index in [2.05, 4.69) is 15.6 Å². The average Bonchev–Trinajstić information content (AvgIpc) is 2.37. The summed E-state index contributed by atoms with van der Waals surface area (Å²) in [6, 6.07) is 4.25. The Morgan fingerprint density at radius 3 is 2.83 bits per heavy atom. The van der Waals surface area contributed by atoms with Gasteiger partial charge in [-0.05, 0) is 25.7 Å². The third-order valence-corrected chi connectivity index (χ3v) is 2.72. The van der Waals surface area contributed by atoms with Crippen LogP contribution in [0.25, 0.3) is 0 Å². The summed E-state index contributed by atoms with van der Waals surface area (Å²) >= 11 is 0. The fourth-order valence-electron chi connectivity index (χ4n) is 1.47. The molecule has 1 amide bonds. The van der Waals surface area contributed by atoms with Gasteiger partial charge in [-0.1, -0.05) is 13.0 Å². The number of benzene rings is 1. The Balaban J connectivity index is 2.64. The minimum absolute atomic E-state index is 0.0128. The van der Waals surface area contributed by atoms with E-state index in [-0.39, 0.29) is 17.2 Å². The number of hydrogen-bond donors (Lipinski definition) is 3. The first-order valence-corrected chi connectivity index (χ1v) is 5.82. The fraction of sp³-hybridized carbons (Fsp3) is 0.417. The van der Waals surface area contributed by atoms with Crippen molar-refractivity contribution in [2.24, 2.45) is 5.84 Å². The number of para-hydroxylation sites is 1. The lowest BCUT2D eigenvalue weighted by molar-refractivity contribution is 0.0950. The van der Waals surface area contributed by atoms with Crippen LogP contribution in [0.2, 0.25) is 0 Å². The van der Waals surface area contributed by atoms with E-state index in [1.807, 2.05) is 14.0 Å². The number of nitrogen functional groups attached to an aromatic ring is 1. The van der Waals surface area contributed by atoms with Crippen molar-refractivity contribution in [3.8, 4) is 0 Å². The highest BCUT2D eigenvalue weighted by Crippen LogP contribution is 2.18.